The lowest BCUT2D eigenvalue weighted by molar-refractivity contribution is 0.939. The number of rotatable bonds is 2. The summed E-state index contributed by atoms with van der Waals surface area (Å²) in [6, 6.07) is 1.88. The second-order valence-electron chi connectivity index (χ2n) is 2.87. The van der Waals surface area contributed by atoms with Gasteiger partial charge in [0.2, 0.25) is 0 Å². The summed E-state index contributed by atoms with van der Waals surface area (Å²) < 4.78 is 0. The highest BCUT2D eigenvalue weighted by molar-refractivity contribution is 7.99. The summed E-state index contributed by atoms with van der Waals surface area (Å²) >= 11 is 1.60. The number of nitrogens with one attached hydrogen (secondary N) is 1. The molecule has 0 atom stereocenters. The Morgan fingerprint density at radius 3 is 2.75 bits per heavy atom. The first-order chi connectivity index (χ1) is 5.58. The minimum atomic E-state index is -0.266. The van der Waals surface area contributed by atoms with Crippen LogP contribution in [0.2, 0.25) is 0 Å². The van der Waals surface area contributed by atoms with Crippen LogP contribution in [0.4, 0.5) is 0 Å². The molecule has 1 aromatic rings. The Morgan fingerprint density at radius 2 is 2.25 bits per heavy atom. The summed E-state index contributed by atoms with van der Waals surface area (Å²) in [5, 5.41) is 1.25. The van der Waals surface area contributed by atoms with E-state index in [1.807, 2.05) is 13.0 Å². The zero-order chi connectivity index (χ0) is 9.14. The van der Waals surface area contributed by atoms with Gasteiger partial charge in [-0.2, -0.15) is 4.98 Å². The highest BCUT2D eigenvalue weighted by Crippen LogP contribution is 2.18. The molecular formula is C8H12N2OS. The number of thioether (sulfide) groups is 1. The van der Waals surface area contributed by atoms with Gasteiger partial charge in [-0.25, -0.2) is 4.79 Å². The minimum Gasteiger partial charge on any atom is -0.310 e. The first kappa shape index (κ1) is 9.32. The molecule has 12 heavy (non-hydrogen) atoms. The Kier molecular flexibility index (Phi) is 2.92. The summed E-state index contributed by atoms with van der Waals surface area (Å²) in [6.07, 6.45) is 0. The summed E-state index contributed by atoms with van der Waals surface area (Å²) in [6.45, 7) is 6.00. The molecule has 0 saturated heterocycles. The van der Waals surface area contributed by atoms with E-state index in [0.29, 0.717) is 5.25 Å². The third-order valence-electron chi connectivity index (χ3n) is 1.21. The molecule has 1 heterocycles. The predicted octanol–water partition coefficient (Wildman–Crippen LogP) is 1.58. The Labute approximate surface area is 75.6 Å². The fourth-order valence-corrected chi connectivity index (χ4v) is 1.72. The second kappa shape index (κ2) is 3.76. The monoisotopic (exact) mass is 184 g/mol. The van der Waals surface area contributed by atoms with Crippen LogP contribution in [-0.2, 0) is 0 Å². The SMILES string of the molecule is Cc1cc(SC(C)C)nc(=O)[nH]1. The van der Waals surface area contributed by atoms with Crippen LogP contribution < -0.4 is 5.69 Å². The maximum atomic E-state index is 10.9. The zero-order valence-electron chi connectivity index (χ0n) is 7.42. The molecule has 0 amide bonds. The van der Waals surface area contributed by atoms with Crippen molar-refractivity contribution in [1.29, 1.82) is 0 Å². The van der Waals surface area contributed by atoms with Crippen LogP contribution in [0.5, 0.6) is 0 Å². The van der Waals surface area contributed by atoms with Crippen molar-refractivity contribution in [3.05, 3.63) is 22.2 Å². The van der Waals surface area contributed by atoms with Gasteiger partial charge < -0.3 is 4.98 Å². The van der Waals surface area contributed by atoms with E-state index in [9.17, 15) is 4.79 Å². The number of hydrogen-bond acceptors (Lipinski definition) is 3. The normalized spacial score (nSPS) is 10.7. The standard InChI is InChI=1S/C8H12N2OS/c1-5(2)12-7-4-6(3)9-8(11)10-7/h4-5H,1-3H3,(H,9,10,11). The molecule has 0 bridgehead atoms. The number of aryl methyl sites for hydroxylation is 1. The van der Waals surface area contributed by atoms with Gasteiger partial charge in [-0.1, -0.05) is 13.8 Å². The molecule has 1 N–H and O–H groups in total. The van der Waals surface area contributed by atoms with Crippen molar-refractivity contribution in [3.8, 4) is 0 Å². The average Bonchev–Trinajstić information content (AvgIpc) is 1.81. The van der Waals surface area contributed by atoms with Crippen LogP contribution in [0.3, 0.4) is 0 Å². The molecule has 0 saturated carbocycles. The van der Waals surface area contributed by atoms with Gasteiger partial charge in [0.1, 0.15) is 5.03 Å². The van der Waals surface area contributed by atoms with E-state index in [0.717, 1.165) is 10.7 Å². The Bertz CT molecular complexity index is 319. The predicted molar refractivity (Wildman–Crippen MR) is 50.6 cm³/mol. The van der Waals surface area contributed by atoms with Crippen LogP contribution >= 0.6 is 11.8 Å². The van der Waals surface area contributed by atoms with Gasteiger partial charge in [0.25, 0.3) is 0 Å². The molecule has 0 aliphatic carbocycles. The van der Waals surface area contributed by atoms with Crippen molar-refractivity contribution in [2.24, 2.45) is 0 Å². The Hall–Kier alpha value is -0.770. The Balaban J connectivity index is 2.93. The number of hydrogen-bond donors (Lipinski definition) is 1. The molecule has 0 aliphatic rings. The van der Waals surface area contributed by atoms with Crippen LogP contribution in [0.1, 0.15) is 19.5 Å². The lowest BCUT2D eigenvalue weighted by Crippen LogP contribution is -2.12. The fraction of sp³-hybridized carbons (Fsp3) is 0.500. The van der Waals surface area contributed by atoms with Crippen LogP contribution in [0.25, 0.3) is 0 Å². The van der Waals surface area contributed by atoms with Crippen molar-refractivity contribution >= 4 is 11.8 Å². The summed E-state index contributed by atoms with van der Waals surface area (Å²) in [7, 11) is 0. The largest absolute Gasteiger partial charge is 0.346 e. The maximum absolute atomic E-state index is 10.9. The number of aromatic nitrogens is 2. The van der Waals surface area contributed by atoms with E-state index in [1.54, 1.807) is 11.8 Å². The molecule has 4 heteroatoms. The number of nitrogens with zero attached hydrogens (tertiary/aromatic N) is 1. The highest BCUT2D eigenvalue weighted by Gasteiger charge is 2.00. The number of aromatic amines is 1. The lowest BCUT2D eigenvalue weighted by atomic mass is 10.5. The van der Waals surface area contributed by atoms with Gasteiger partial charge >= 0.3 is 5.69 Å². The molecule has 3 nitrogen and oxygen atoms in total. The van der Waals surface area contributed by atoms with Gasteiger partial charge in [-0.15, -0.1) is 11.8 Å². The molecule has 0 aliphatic heterocycles. The van der Waals surface area contributed by atoms with Crippen molar-refractivity contribution in [3.63, 3.8) is 0 Å². The quantitative estimate of drug-likeness (QED) is 0.560. The van der Waals surface area contributed by atoms with E-state index in [4.69, 9.17) is 0 Å². The van der Waals surface area contributed by atoms with Crippen molar-refractivity contribution in [1.82, 2.24) is 9.97 Å². The molecule has 0 aromatic carbocycles. The van der Waals surface area contributed by atoms with Crippen LogP contribution in [0.15, 0.2) is 15.9 Å². The highest BCUT2D eigenvalue weighted by atomic mass is 32.2. The summed E-state index contributed by atoms with van der Waals surface area (Å²) in [4.78, 5) is 17.3. The van der Waals surface area contributed by atoms with Crippen LogP contribution in [0, 0.1) is 6.92 Å². The second-order valence-corrected chi connectivity index (χ2v) is 4.47. The first-order valence-electron chi connectivity index (χ1n) is 3.82. The van der Waals surface area contributed by atoms with Crippen molar-refractivity contribution in [2.75, 3.05) is 0 Å². The van der Waals surface area contributed by atoms with E-state index in [-0.39, 0.29) is 5.69 Å². The molecule has 0 radical (unpaired) electrons. The van der Waals surface area contributed by atoms with Crippen molar-refractivity contribution in [2.45, 2.75) is 31.0 Å². The summed E-state index contributed by atoms with van der Waals surface area (Å²) in [5.74, 6) is 0. The van der Waals surface area contributed by atoms with E-state index in [2.05, 4.69) is 23.8 Å². The molecule has 1 rings (SSSR count). The van der Waals surface area contributed by atoms with Gasteiger partial charge in [-0.05, 0) is 13.0 Å². The third-order valence-corrected chi connectivity index (χ3v) is 2.13. The smallest absolute Gasteiger partial charge is 0.310 e. The average molecular weight is 184 g/mol. The molecule has 66 valence electrons. The van der Waals surface area contributed by atoms with Gasteiger partial charge in [0.05, 0.1) is 0 Å². The van der Waals surface area contributed by atoms with E-state index >= 15 is 0 Å². The third kappa shape index (κ3) is 2.70. The van der Waals surface area contributed by atoms with Crippen LogP contribution in [-0.4, -0.2) is 15.2 Å². The number of H-pyrrole nitrogens is 1. The molecule has 0 spiro atoms. The molecular weight excluding hydrogens is 172 g/mol. The summed E-state index contributed by atoms with van der Waals surface area (Å²) in [5.41, 5.74) is 0.594. The minimum absolute atomic E-state index is 0.266. The topological polar surface area (TPSA) is 45.8 Å². The zero-order valence-corrected chi connectivity index (χ0v) is 8.23. The maximum Gasteiger partial charge on any atom is 0.346 e. The van der Waals surface area contributed by atoms with Gasteiger partial charge in [0, 0.05) is 10.9 Å². The molecule has 0 unspecified atom stereocenters. The van der Waals surface area contributed by atoms with E-state index < -0.39 is 0 Å². The van der Waals surface area contributed by atoms with E-state index in [1.165, 1.54) is 0 Å². The Morgan fingerprint density at radius 1 is 1.58 bits per heavy atom. The molecule has 1 aromatic heterocycles. The fourth-order valence-electron chi connectivity index (χ4n) is 0.852. The van der Waals surface area contributed by atoms with Gasteiger partial charge in [-0.3, -0.25) is 0 Å². The molecule has 0 fully saturated rings. The first-order valence-corrected chi connectivity index (χ1v) is 4.70. The van der Waals surface area contributed by atoms with Gasteiger partial charge in [0.15, 0.2) is 0 Å². The lowest BCUT2D eigenvalue weighted by Gasteiger charge is -2.02. The van der Waals surface area contributed by atoms with Crippen molar-refractivity contribution < 1.29 is 0 Å².